The number of hydrogen-bond donors (Lipinski definition) is 2. The Balaban J connectivity index is 1.66. The Morgan fingerprint density at radius 2 is 2.04 bits per heavy atom. The molecular weight excluding hydrogens is 392 g/mol. The van der Waals surface area contributed by atoms with Crippen molar-refractivity contribution in [2.75, 3.05) is 31.3 Å². The number of hydrogen-bond acceptors (Lipinski definition) is 5. The summed E-state index contributed by atoms with van der Waals surface area (Å²) in [5.74, 6) is 0.301. The number of esters is 1. The van der Waals surface area contributed by atoms with Crippen LogP contribution in [0.15, 0.2) is 29.2 Å². The first-order valence-electron chi connectivity index (χ1n) is 9.60. The van der Waals surface area contributed by atoms with Crippen LogP contribution in [0.25, 0.3) is 0 Å². The number of benzene rings is 1. The predicted molar refractivity (Wildman–Crippen MR) is 115 cm³/mol. The Hall–Kier alpha value is -1.83. The molecule has 0 radical (unpaired) electrons. The largest absolute Gasteiger partial charge is 0.462 e. The second-order valence-electron chi connectivity index (χ2n) is 7.02. The second-order valence-corrected chi connectivity index (χ2v) is 9.30. The SMILES string of the molecule is CCOC(=O)c1c(NC(=O)CCSc2ccc(C)cc2)sc2c1CC[NH+](C)C2. The van der Waals surface area contributed by atoms with Gasteiger partial charge in [0.2, 0.25) is 5.91 Å². The van der Waals surface area contributed by atoms with Crippen molar-refractivity contribution in [2.24, 2.45) is 0 Å². The van der Waals surface area contributed by atoms with Crippen molar-refractivity contribution in [1.82, 2.24) is 0 Å². The Morgan fingerprint density at radius 3 is 2.75 bits per heavy atom. The molecule has 0 spiro atoms. The maximum Gasteiger partial charge on any atom is 0.341 e. The number of carbonyl (C=O) groups is 2. The molecule has 0 fully saturated rings. The molecule has 5 nitrogen and oxygen atoms in total. The smallest absolute Gasteiger partial charge is 0.341 e. The van der Waals surface area contributed by atoms with Gasteiger partial charge in [-0.1, -0.05) is 17.7 Å². The van der Waals surface area contributed by atoms with Crippen molar-refractivity contribution in [3.63, 3.8) is 0 Å². The van der Waals surface area contributed by atoms with Crippen molar-refractivity contribution in [2.45, 2.75) is 38.1 Å². The predicted octanol–water partition coefficient (Wildman–Crippen LogP) is 2.92. The molecule has 7 heteroatoms. The number of thioether (sulfide) groups is 1. The highest BCUT2D eigenvalue weighted by atomic mass is 32.2. The summed E-state index contributed by atoms with van der Waals surface area (Å²) >= 11 is 3.18. The van der Waals surface area contributed by atoms with E-state index in [9.17, 15) is 9.59 Å². The zero-order chi connectivity index (χ0) is 20.1. The first kappa shape index (κ1) is 20.9. The van der Waals surface area contributed by atoms with Gasteiger partial charge in [0.1, 0.15) is 11.5 Å². The van der Waals surface area contributed by atoms with Crippen LogP contribution in [0.4, 0.5) is 5.00 Å². The molecule has 1 aliphatic heterocycles. The van der Waals surface area contributed by atoms with Crippen LogP contribution in [0.2, 0.25) is 0 Å². The van der Waals surface area contributed by atoms with Crippen molar-refractivity contribution >= 4 is 40.0 Å². The normalized spacial score (nSPS) is 15.8. The topological polar surface area (TPSA) is 59.8 Å². The highest BCUT2D eigenvalue weighted by Crippen LogP contribution is 2.35. The maximum atomic E-state index is 12.5. The van der Waals surface area contributed by atoms with Crippen LogP contribution >= 0.6 is 23.1 Å². The van der Waals surface area contributed by atoms with E-state index in [2.05, 4.69) is 43.6 Å². The average molecular weight is 420 g/mol. The summed E-state index contributed by atoms with van der Waals surface area (Å²) in [4.78, 5) is 28.7. The Bertz CT molecular complexity index is 846. The molecule has 1 amide bonds. The van der Waals surface area contributed by atoms with Crippen LogP contribution < -0.4 is 10.2 Å². The standard InChI is InChI=1S/C21H26N2O3S2/c1-4-26-21(25)19-16-9-11-23(3)13-17(16)28-20(19)22-18(24)10-12-27-15-7-5-14(2)6-8-15/h5-8H,4,9-13H2,1-3H3,(H,22,24)/p+1. The lowest BCUT2D eigenvalue weighted by atomic mass is 10.0. The number of anilines is 1. The molecule has 3 rings (SSSR count). The zero-order valence-electron chi connectivity index (χ0n) is 16.6. The fourth-order valence-corrected chi connectivity index (χ4v) is 5.43. The van der Waals surface area contributed by atoms with Gasteiger partial charge in [0, 0.05) is 23.5 Å². The molecule has 1 atom stereocenters. The molecule has 1 aliphatic rings. The molecule has 2 heterocycles. The summed E-state index contributed by atoms with van der Waals surface area (Å²) in [5, 5.41) is 3.62. The van der Waals surface area contributed by atoms with Gasteiger partial charge < -0.3 is 15.0 Å². The lowest BCUT2D eigenvalue weighted by molar-refractivity contribution is -0.895. The van der Waals surface area contributed by atoms with E-state index in [1.165, 1.54) is 26.7 Å². The van der Waals surface area contributed by atoms with Gasteiger partial charge in [-0.05, 0) is 31.5 Å². The summed E-state index contributed by atoms with van der Waals surface area (Å²) < 4.78 is 5.26. The third-order valence-electron chi connectivity index (χ3n) is 4.71. The average Bonchev–Trinajstić information content (AvgIpc) is 3.00. The van der Waals surface area contributed by atoms with Gasteiger partial charge in [0.15, 0.2) is 0 Å². The highest BCUT2D eigenvalue weighted by Gasteiger charge is 2.30. The number of aryl methyl sites for hydroxylation is 1. The van der Waals surface area contributed by atoms with E-state index < -0.39 is 0 Å². The highest BCUT2D eigenvalue weighted by molar-refractivity contribution is 7.99. The van der Waals surface area contributed by atoms with E-state index in [1.54, 1.807) is 18.7 Å². The molecule has 0 bridgehead atoms. The first-order chi connectivity index (χ1) is 13.5. The monoisotopic (exact) mass is 419 g/mol. The van der Waals surface area contributed by atoms with E-state index in [4.69, 9.17) is 4.74 Å². The molecular formula is C21H27N2O3S2+. The third-order valence-corrected chi connectivity index (χ3v) is 6.87. The summed E-state index contributed by atoms with van der Waals surface area (Å²) in [7, 11) is 2.15. The minimum Gasteiger partial charge on any atom is -0.462 e. The van der Waals surface area contributed by atoms with Crippen LogP contribution in [0, 0.1) is 6.92 Å². The van der Waals surface area contributed by atoms with Crippen molar-refractivity contribution in [3.8, 4) is 0 Å². The van der Waals surface area contributed by atoms with Crippen LogP contribution in [-0.4, -0.2) is 37.8 Å². The zero-order valence-corrected chi connectivity index (χ0v) is 18.2. The van der Waals surface area contributed by atoms with Gasteiger partial charge in [-0.25, -0.2) is 4.79 Å². The Labute approximate surface area is 174 Å². The third kappa shape index (κ3) is 5.16. The number of likely N-dealkylation sites (N-methyl/N-ethyl adjacent to an activating group) is 1. The quantitative estimate of drug-likeness (QED) is 0.535. The number of quaternary nitrogens is 1. The molecule has 0 saturated carbocycles. The molecule has 1 aromatic heterocycles. The summed E-state index contributed by atoms with van der Waals surface area (Å²) in [6, 6.07) is 8.29. The van der Waals surface area contributed by atoms with E-state index >= 15 is 0 Å². The molecule has 1 aromatic carbocycles. The first-order valence-corrected chi connectivity index (χ1v) is 11.4. The lowest BCUT2D eigenvalue weighted by Crippen LogP contribution is -3.08. The van der Waals surface area contributed by atoms with Gasteiger partial charge in [0.05, 0.1) is 30.6 Å². The number of fused-ring (bicyclic) bond motifs is 1. The maximum absolute atomic E-state index is 12.5. The van der Waals surface area contributed by atoms with E-state index in [0.29, 0.717) is 29.3 Å². The minimum absolute atomic E-state index is 0.0653. The van der Waals surface area contributed by atoms with Crippen molar-refractivity contribution < 1.29 is 19.2 Å². The van der Waals surface area contributed by atoms with Gasteiger partial charge in [0.25, 0.3) is 0 Å². The summed E-state index contributed by atoms with van der Waals surface area (Å²) in [6.07, 6.45) is 1.24. The van der Waals surface area contributed by atoms with Gasteiger partial charge in [-0.15, -0.1) is 23.1 Å². The van der Waals surface area contributed by atoms with Crippen LogP contribution in [-0.2, 0) is 22.5 Å². The molecule has 2 aromatic rings. The van der Waals surface area contributed by atoms with Crippen molar-refractivity contribution in [3.05, 3.63) is 45.8 Å². The fraction of sp³-hybridized carbons (Fsp3) is 0.429. The number of ether oxygens (including phenoxy) is 1. The number of thiophene rings is 1. The van der Waals surface area contributed by atoms with Crippen LogP contribution in [0.1, 0.15) is 39.7 Å². The van der Waals surface area contributed by atoms with E-state index in [-0.39, 0.29) is 11.9 Å². The van der Waals surface area contributed by atoms with Crippen molar-refractivity contribution in [1.29, 1.82) is 0 Å². The molecule has 0 saturated heterocycles. The Kier molecular flexibility index (Phi) is 7.15. The van der Waals surface area contributed by atoms with E-state index in [0.717, 1.165) is 30.0 Å². The number of nitrogens with one attached hydrogen (secondary N) is 2. The molecule has 150 valence electrons. The van der Waals surface area contributed by atoms with E-state index in [1.807, 2.05) is 0 Å². The Morgan fingerprint density at radius 1 is 1.29 bits per heavy atom. The number of amides is 1. The van der Waals surface area contributed by atoms with Crippen LogP contribution in [0.5, 0.6) is 0 Å². The lowest BCUT2D eigenvalue weighted by Gasteiger charge is -2.19. The van der Waals surface area contributed by atoms with Gasteiger partial charge >= 0.3 is 5.97 Å². The van der Waals surface area contributed by atoms with Gasteiger partial charge in [-0.3, -0.25) is 4.79 Å². The number of rotatable bonds is 7. The summed E-state index contributed by atoms with van der Waals surface area (Å²) in [6.45, 7) is 6.05. The minimum atomic E-state index is -0.330. The molecule has 28 heavy (non-hydrogen) atoms. The number of carbonyl (C=O) groups excluding carboxylic acids is 2. The van der Waals surface area contributed by atoms with Gasteiger partial charge in [-0.2, -0.15) is 0 Å². The second kappa shape index (κ2) is 9.58. The molecule has 1 unspecified atom stereocenters. The summed E-state index contributed by atoms with van der Waals surface area (Å²) in [5.41, 5.74) is 2.84. The van der Waals surface area contributed by atoms with Crippen LogP contribution in [0.3, 0.4) is 0 Å². The molecule has 2 N–H and O–H groups in total. The fourth-order valence-electron chi connectivity index (χ4n) is 3.21. The molecule has 0 aliphatic carbocycles.